The van der Waals surface area contributed by atoms with Crippen molar-refractivity contribution in [3.63, 3.8) is 0 Å². The quantitative estimate of drug-likeness (QED) is 0.491. The van der Waals surface area contributed by atoms with Gasteiger partial charge in [-0.1, -0.05) is 12.8 Å². The Labute approximate surface area is 121 Å². The van der Waals surface area contributed by atoms with Gasteiger partial charge < -0.3 is 26.2 Å². The first-order valence-corrected chi connectivity index (χ1v) is 6.61. The van der Waals surface area contributed by atoms with Crippen LogP contribution in [0, 0.1) is 0 Å². The van der Waals surface area contributed by atoms with Gasteiger partial charge in [-0.25, -0.2) is 9.59 Å². The summed E-state index contributed by atoms with van der Waals surface area (Å²) in [7, 11) is 0. The zero-order chi connectivity index (χ0) is 16.0. The summed E-state index contributed by atoms with van der Waals surface area (Å²) in [6, 6.07) is -2.52. The molecule has 1 rings (SSSR count). The highest BCUT2D eigenvalue weighted by Crippen LogP contribution is 2.23. The van der Waals surface area contributed by atoms with Crippen LogP contribution in [0.2, 0.25) is 0 Å². The van der Waals surface area contributed by atoms with Crippen molar-refractivity contribution in [3.05, 3.63) is 0 Å². The fourth-order valence-electron chi connectivity index (χ4n) is 2.36. The summed E-state index contributed by atoms with van der Waals surface area (Å²) in [5.41, 5.74) is 5.10. The van der Waals surface area contributed by atoms with Gasteiger partial charge in [-0.3, -0.25) is 9.59 Å². The second-order valence-corrected chi connectivity index (χ2v) is 4.97. The lowest BCUT2D eigenvalue weighted by molar-refractivity contribution is -0.145. The molecule has 21 heavy (non-hydrogen) atoms. The minimum absolute atomic E-state index is 0.184. The van der Waals surface area contributed by atoms with E-state index < -0.39 is 36.3 Å². The molecule has 1 aliphatic rings. The average Bonchev–Trinajstić information content (AvgIpc) is 2.87. The van der Waals surface area contributed by atoms with Crippen molar-refractivity contribution in [1.29, 1.82) is 0 Å². The van der Waals surface area contributed by atoms with Crippen LogP contribution in [0.1, 0.15) is 32.1 Å². The Morgan fingerprint density at radius 3 is 2.19 bits per heavy atom. The number of hydrogen-bond acceptors (Lipinski definition) is 4. The van der Waals surface area contributed by atoms with Crippen LogP contribution < -0.4 is 11.1 Å². The van der Waals surface area contributed by atoms with Crippen molar-refractivity contribution in [2.75, 3.05) is 6.54 Å². The monoisotopic (exact) mass is 301 g/mol. The van der Waals surface area contributed by atoms with Gasteiger partial charge in [-0.05, 0) is 12.8 Å². The van der Waals surface area contributed by atoms with E-state index in [1.54, 1.807) is 0 Å². The van der Waals surface area contributed by atoms with Gasteiger partial charge >= 0.3 is 18.0 Å². The van der Waals surface area contributed by atoms with Crippen LogP contribution in [-0.4, -0.2) is 57.6 Å². The number of rotatable bonds is 7. The first kappa shape index (κ1) is 16.7. The summed E-state index contributed by atoms with van der Waals surface area (Å²) in [6.45, 7) is -0.324. The number of carboxylic acids is 2. The maximum absolute atomic E-state index is 12.1. The molecule has 118 valence electrons. The lowest BCUT2D eigenvalue weighted by Gasteiger charge is -2.29. The van der Waals surface area contributed by atoms with Crippen LogP contribution in [0.5, 0.6) is 0 Å². The molecule has 1 fully saturated rings. The molecule has 5 N–H and O–H groups in total. The van der Waals surface area contributed by atoms with Crippen molar-refractivity contribution in [3.8, 4) is 0 Å². The van der Waals surface area contributed by atoms with Crippen LogP contribution in [0.15, 0.2) is 0 Å². The molecule has 0 saturated heterocycles. The van der Waals surface area contributed by atoms with E-state index in [-0.39, 0.29) is 12.6 Å². The first-order valence-electron chi connectivity index (χ1n) is 6.61. The highest BCUT2D eigenvalue weighted by Gasteiger charge is 2.31. The minimum Gasteiger partial charge on any atom is -0.481 e. The van der Waals surface area contributed by atoms with Gasteiger partial charge in [0.15, 0.2) is 0 Å². The summed E-state index contributed by atoms with van der Waals surface area (Å²) in [6.07, 6.45) is 2.49. The number of nitrogens with one attached hydrogen (secondary N) is 1. The van der Waals surface area contributed by atoms with Crippen molar-refractivity contribution < 1.29 is 29.4 Å². The van der Waals surface area contributed by atoms with Crippen LogP contribution in [0.25, 0.3) is 0 Å². The number of hydrogen-bond donors (Lipinski definition) is 4. The summed E-state index contributed by atoms with van der Waals surface area (Å²) in [5, 5.41) is 19.7. The van der Waals surface area contributed by atoms with E-state index in [0.717, 1.165) is 12.8 Å². The SMILES string of the molecule is NC(=O)CN(C(=O)NC(CC(=O)O)C(=O)O)C1CCCC1. The number of primary amides is 1. The number of nitrogens with zero attached hydrogens (tertiary/aromatic N) is 1. The van der Waals surface area contributed by atoms with Crippen molar-refractivity contribution in [1.82, 2.24) is 10.2 Å². The van der Waals surface area contributed by atoms with E-state index in [9.17, 15) is 19.2 Å². The van der Waals surface area contributed by atoms with Crippen LogP contribution in [-0.2, 0) is 14.4 Å². The van der Waals surface area contributed by atoms with Gasteiger partial charge in [0, 0.05) is 6.04 Å². The molecule has 1 unspecified atom stereocenters. The van der Waals surface area contributed by atoms with Crippen LogP contribution in [0.4, 0.5) is 4.79 Å². The molecular formula is C12H19N3O6. The maximum atomic E-state index is 12.1. The van der Waals surface area contributed by atoms with E-state index in [2.05, 4.69) is 5.32 Å². The number of aliphatic carboxylic acids is 2. The second-order valence-electron chi connectivity index (χ2n) is 4.97. The molecular weight excluding hydrogens is 282 g/mol. The smallest absolute Gasteiger partial charge is 0.326 e. The Balaban J connectivity index is 2.75. The lowest BCUT2D eigenvalue weighted by Crippen LogP contribution is -2.53. The first-order chi connectivity index (χ1) is 9.81. The summed E-state index contributed by atoms with van der Waals surface area (Å²) in [4.78, 5) is 45.9. The molecule has 9 heteroatoms. The molecule has 0 aromatic carbocycles. The van der Waals surface area contributed by atoms with E-state index in [1.165, 1.54) is 4.90 Å². The van der Waals surface area contributed by atoms with E-state index >= 15 is 0 Å². The Hall–Kier alpha value is -2.32. The van der Waals surface area contributed by atoms with Gasteiger partial charge in [0.1, 0.15) is 12.6 Å². The number of urea groups is 1. The van der Waals surface area contributed by atoms with Gasteiger partial charge in [0.05, 0.1) is 6.42 Å². The van der Waals surface area contributed by atoms with E-state index in [0.29, 0.717) is 12.8 Å². The van der Waals surface area contributed by atoms with Gasteiger partial charge in [-0.15, -0.1) is 0 Å². The zero-order valence-corrected chi connectivity index (χ0v) is 11.4. The summed E-state index contributed by atoms with van der Waals surface area (Å²) < 4.78 is 0. The Bertz CT molecular complexity index is 433. The highest BCUT2D eigenvalue weighted by molar-refractivity contribution is 5.88. The topological polar surface area (TPSA) is 150 Å². The molecule has 0 aromatic rings. The molecule has 0 aliphatic heterocycles. The average molecular weight is 301 g/mol. The zero-order valence-electron chi connectivity index (χ0n) is 11.4. The lowest BCUT2D eigenvalue weighted by atomic mass is 10.2. The van der Waals surface area contributed by atoms with Gasteiger partial charge in [-0.2, -0.15) is 0 Å². The number of carbonyl (C=O) groups excluding carboxylic acids is 2. The predicted octanol–water partition coefficient (Wildman–Crippen LogP) is -0.646. The normalized spacial score (nSPS) is 16.2. The summed E-state index contributed by atoms with van der Waals surface area (Å²) >= 11 is 0. The second kappa shape index (κ2) is 7.46. The van der Waals surface area contributed by atoms with Crippen molar-refractivity contribution in [2.24, 2.45) is 5.73 Å². The largest absolute Gasteiger partial charge is 0.481 e. The van der Waals surface area contributed by atoms with E-state index in [4.69, 9.17) is 15.9 Å². The maximum Gasteiger partial charge on any atom is 0.326 e. The van der Waals surface area contributed by atoms with E-state index in [1.807, 2.05) is 0 Å². The Kier molecular flexibility index (Phi) is 5.94. The Morgan fingerprint density at radius 1 is 1.19 bits per heavy atom. The molecule has 0 aromatic heterocycles. The molecule has 0 radical (unpaired) electrons. The van der Waals surface area contributed by atoms with Gasteiger partial charge in [0.25, 0.3) is 0 Å². The van der Waals surface area contributed by atoms with Crippen molar-refractivity contribution >= 4 is 23.9 Å². The molecule has 3 amide bonds. The summed E-state index contributed by atoms with van der Waals surface area (Å²) in [5.74, 6) is -3.50. The third-order valence-corrected chi connectivity index (χ3v) is 3.33. The van der Waals surface area contributed by atoms with Crippen LogP contribution >= 0.6 is 0 Å². The number of amides is 3. The molecule has 0 heterocycles. The number of carbonyl (C=O) groups is 4. The standard InChI is InChI=1S/C12H19N3O6/c13-9(16)6-15(7-3-1-2-4-7)12(21)14-8(11(19)20)5-10(17)18/h7-8H,1-6H2,(H2,13,16)(H,14,21)(H,17,18)(H,19,20). The fraction of sp³-hybridized carbons (Fsp3) is 0.667. The highest BCUT2D eigenvalue weighted by atomic mass is 16.4. The molecule has 0 bridgehead atoms. The number of nitrogens with two attached hydrogens (primary N) is 1. The molecule has 1 atom stereocenters. The Morgan fingerprint density at radius 2 is 1.76 bits per heavy atom. The minimum atomic E-state index is -1.55. The fourth-order valence-corrected chi connectivity index (χ4v) is 2.36. The molecule has 9 nitrogen and oxygen atoms in total. The third kappa shape index (κ3) is 5.28. The molecule has 1 saturated carbocycles. The third-order valence-electron chi connectivity index (χ3n) is 3.33. The predicted molar refractivity (Wildman–Crippen MR) is 70.4 cm³/mol. The number of carboxylic acid groups (broad SMARTS) is 2. The van der Waals surface area contributed by atoms with Crippen molar-refractivity contribution in [2.45, 2.75) is 44.2 Å². The van der Waals surface area contributed by atoms with Crippen LogP contribution in [0.3, 0.4) is 0 Å². The molecule has 1 aliphatic carbocycles. The van der Waals surface area contributed by atoms with Gasteiger partial charge in [0.2, 0.25) is 5.91 Å². The molecule has 0 spiro atoms.